The maximum absolute atomic E-state index is 9.39. The summed E-state index contributed by atoms with van der Waals surface area (Å²) in [4.78, 5) is 8.98. The lowest BCUT2D eigenvalue weighted by atomic mass is 10.00. The van der Waals surface area contributed by atoms with Gasteiger partial charge in [0, 0.05) is 6.42 Å². The quantitative estimate of drug-likeness (QED) is 0.288. The van der Waals surface area contributed by atoms with Gasteiger partial charge in [0.25, 0.3) is 0 Å². The van der Waals surface area contributed by atoms with Gasteiger partial charge in [-0.2, -0.15) is 0 Å². The molecule has 1 rings (SSSR count). The molecule has 1 fully saturated rings. The summed E-state index contributed by atoms with van der Waals surface area (Å²) in [6, 6.07) is 0. The number of hydrogen-bond acceptors (Lipinski definition) is 4. The molecule has 0 aliphatic carbocycles. The van der Waals surface area contributed by atoms with Crippen molar-refractivity contribution in [2.45, 2.75) is 12.0 Å². The third-order valence-corrected chi connectivity index (χ3v) is 1.48. The molecule has 4 N–H and O–H groups in total. The largest absolute Gasteiger partial charge is 0.385 e. The van der Waals surface area contributed by atoms with Crippen molar-refractivity contribution in [3.05, 3.63) is 0 Å². The van der Waals surface area contributed by atoms with Gasteiger partial charge in [0.15, 0.2) is 0 Å². The second-order valence-corrected chi connectivity index (χ2v) is 2.28. The predicted molar refractivity (Wildman–Crippen MR) is 40.6 cm³/mol. The highest BCUT2D eigenvalue weighted by molar-refractivity contribution is 5.86. The molecule has 6 heteroatoms. The Kier molecular flexibility index (Phi) is 3.74. The minimum atomic E-state index is -1.31. The van der Waals surface area contributed by atoms with Crippen LogP contribution in [0.2, 0.25) is 0 Å². The summed E-state index contributed by atoms with van der Waals surface area (Å²) in [6.07, 6.45) is 0.322. The lowest BCUT2D eigenvalue weighted by molar-refractivity contribution is -0.338. The smallest absolute Gasteiger partial charge is 0.149 e. The highest BCUT2D eigenvalue weighted by atomic mass is 35.5. The van der Waals surface area contributed by atoms with Crippen LogP contribution in [0.3, 0.4) is 0 Å². The maximum atomic E-state index is 9.39. The van der Waals surface area contributed by atoms with E-state index in [9.17, 15) is 5.11 Å². The van der Waals surface area contributed by atoms with Crippen molar-refractivity contribution >= 4 is 18.2 Å². The van der Waals surface area contributed by atoms with Crippen LogP contribution in [0.1, 0.15) is 6.42 Å². The molecule has 0 spiro atoms. The first-order chi connectivity index (χ1) is 4.65. The van der Waals surface area contributed by atoms with Crippen LogP contribution in [-0.2, 0) is 9.78 Å². The molecule has 1 aliphatic rings. The first-order valence-corrected chi connectivity index (χ1v) is 2.96. The van der Waals surface area contributed by atoms with Crippen molar-refractivity contribution < 1.29 is 14.9 Å². The molecule has 66 valence electrons. The van der Waals surface area contributed by atoms with E-state index >= 15 is 0 Å². The van der Waals surface area contributed by atoms with Crippen LogP contribution in [0.15, 0.2) is 0 Å². The number of aliphatic hydroxyl groups is 1. The first kappa shape index (κ1) is 10.6. The highest BCUT2D eigenvalue weighted by Crippen LogP contribution is 2.15. The second kappa shape index (κ2) is 3.87. The Morgan fingerprint density at radius 2 is 2.18 bits per heavy atom. The second-order valence-electron chi connectivity index (χ2n) is 2.28. The van der Waals surface area contributed by atoms with Gasteiger partial charge in [0.05, 0.1) is 6.61 Å². The van der Waals surface area contributed by atoms with E-state index in [-0.39, 0.29) is 31.5 Å². The van der Waals surface area contributed by atoms with E-state index in [0.717, 1.165) is 0 Å². The third-order valence-electron chi connectivity index (χ3n) is 1.48. The Hall–Kier alpha value is -0.360. The van der Waals surface area contributed by atoms with E-state index in [4.69, 9.17) is 11.1 Å². The zero-order valence-corrected chi connectivity index (χ0v) is 6.69. The summed E-state index contributed by atoms with van der Waals surface area (Å²) >= 11 is 0. The van der Waals surface area contributed by atoms with Gasteiger partial charge in [0.1, 0.15) is 18.0 Å². The highest BCUT2D eigenvalue weighted by Gasteiger charge is 2.34. The van der Waals surface area contributed by atoms with Crippen LogP contribution < -0.4 is 5.73 Å². The monoisotopic (exact) mass is 182 g/mol. The standard InChI is InChI=1S/C5H10N2O3.ClH/c6-4(7)5(8)1-2-9-10-3-5;/h8H,1-3H2,(H3,6,7);1H. The van der Waals surface area contributed by atoms with Gasteiger partial charge in [-0.15, -0.1) is 12.4 Å². The molecule has 1 aliphatic heterocycles. The summed E-state index contributed by atoms with van der Waals surface area (Å²) < 4.78 is 0. The summed E-state index contributed by atoms with van der Waals surface area (Å²) in [5.41, 5.74) is 3.79. The van der Waals surface area contributed by atoms with Gasteiger partial charge >= 0.3 is 0 Å². The van der Waals surface area contributed by atoms with Gasteiger partial charge in [0.2, 0.25) is 0 Å². The molecule has 0 aromatic rings. The molecule has 1 heterocycles. The molecule has 11 heavy (non-hydrogen) atoms. The van der Waals surface area contributed by atoms with Gasteiger partial charge < -0.3 is 10.8 Å². The van der Waals surface area contributed by atoms with E-state index in [1.165, 1.54) is 0 Å². The Morgan fingerprint density at radius 1 is 1.55 bits per heavy atom. The topological polar surface area (TPSA) is 88.6 Å². The molecular weight excluding hydrogens is 172 g/mol. The predicted octanol–water partition coefficient (Wildman–Crippen LogP) is -0.573. The molecule has 0 amide bonds. The molecular formula is C5H11ClN2O3. The number of halogens is 1. The molecule has 5 nitrogen and oxygen atoms in total. The number of amidine groups is 1. The minimum absolute atomic E-state index is 0. The van der Waals surface area contributed by atoms with Crippen LogP contribution in [0, 0.1) is 5.41 Å². The summed E-state index contributed by atoms with van der Waals surface area (Å²) in [5, 5.41) is 16.4. The zero-order valence-electron chi connectivity index (χ0n) is 5.87. The fraction of sp³-hybridized carbons (Fsp3) is 0.800. The maximum Gasteiger partial charge on any atom is 0.149 e. The van der Waals surface area contributed by atoms with E-state index in [1.54, 1.807) is 0 Å². The molecule has 0 aromatic heterocycles. The van der Waals surface area contributed by atoms with Crippen molar-refractivity contribution in [2.75, 3.05) is 13.2 Å². The van der Waals surface area contributed by atoms with E-state index in [0.29, 0.717) is 6.42 Å². The molecule has 0 saturated carbocycles. The molecule has 0 bridgehead atoms. The molecule has 1 atom stereocenters. The Bertz CT molecular complexity index is 147. The fourth-order valence-corrected chi connectivity index (χ4v) is 0.693. The SMILES string of the molecule is Cl.N=C(N)C1(O)CCOOC1. The number of nitrogens with one attached hydrogen (secondary N) is 1. The van der Waals surface area contributed by atoms with Crippen LogP contribution in [-0.4, -0.2) is 29.8 Å². The number of rotatable bonds is 1. The lowest BCUT2D eigenvalue weighted by Crippen LogP contribution is -2.50. The van der Waals surface area contributed by atoms with Crippen LogP contribution in [0.4, 0.5) is 0 Å². The average Bonchev–Trinajstić information content (AvgIpc) is 1.89. The summed E-state index contributed by atoms with van der Waals surface area (Å²) in [5.74, 6) is -0.268. The van der Waals surface area contributed by atoms with E-state index < -0.39 is 5.60 Å². The molecule has 0 aromatic carbocycles. The first-order valence-electron chi connectivity index (χ1n) is 2.96. The molecule has 0 radical (unpaired) electrons. The molecule has 1 saturated heterocycles. The average molecular weight is 183 g/mol. The van der Waals surface area contributed by atoms with Crippen molar-refractivity contribution in [3.8, 4) is 0 Å². The van der Waals surface area contributed by atoms with Gasteiger partial charge in [-0.1, -0.05) is 0 Å². The number of nitrogens with two attached hydrogens (primary N) is 1. The lowest BCUT2D eigenvalue weighted by Gasteiger charge is -2.29. The Labute approximate surface area is 70.3 Å². The van der Waals surface area contributed by atoms with E-state index in [1.807, 2.05) is 0 Å². The van der Waals surface area contributed by atoms with Crippen molar-refractivity contribution in [3.63, 3.8) is 0 Å². The summed E-state index contributed by atoms with van der Waals surface area (Å²) in [7, 11) is 0. The van der Waals surface area contributed by atoms with Gasteiger partial charge in [-0.05, 0) is 0 Å². The molecule has 1 unspecified atom stereocenters. The normalized spacial score (nSPS) is 30.6. The Balaban J connectivity index is 0.000001000. The fourth-order valence-electron chi connectivity index (χ4n) is 0.693. The van der Waals surface area contributed by atoms with Crippen LogP contribution in [0.5, 0.6) is 0 Å². The number of hydrogen-bond donors (Lipinski definition) is 3. The van der Waals surface area contributed by atoms with Crippen LogP contribution in [0.25, 0.3) is 0 Å². The Morgan fingerprint density at radius 3 is 2.45 bits per heavy atom. The third kappa shape index (κ3) is 2.30. The van der Waals surface area contributed by atoms with Gasteiger partial charge in [-0.25, -0.2) is 9.78 Å². The van der Waals surface area contributed by atoms with Crippen LogP contribution >= 0.6 is 12.4 Å². The minimum Gasteiger partial charge on any atom is -0.385 e. The summed E-state index contributed by atoms with van der Waals surface area (Å²) in [6.45, 7) is 0.221. The van der Waals surface area contributed by atoms with Crippen molar-refractivity contribution in [1.29, 1.82) is 5.41 Å². The zero-order chi connectivity index (χ0) is 7.61. The van der Waals surface area contributed by atoms with E-state index in [2.05, 4.69) is 9.78 Å². The van der Waals surface area contributed by atoms with Crippen molar-refractivity contribution in [1.82, 2.24) is 0 Å². The van der Waals surface area contributed by atoms with Crippen molar-refractivity contribution in [2.24, 2.45) is 5.73 Å². The van der Waals surface area contributed by atoms with Gasteiger partial charge in [-0.3, -0.25) is 5.41 Å².